The van der Waals surface area contributed by atoms with Crippen molar-refractivity contribution in [2.24, 2.45) is 0 Å². The molecule has 2 aromatic heterocycles. The molecule has 0 saturated heterocycles. The van der Waals surface area contributed by atoms with E-state index in [1.165, 1.54) is 0 Å². The summed E-state index contributed by atoms with van der Waals surface area (Å²) < 4.78 is 8.78. The zero-order valence-corrected chi connectivity index (χ0v) is 12.1. The van der Waals surface area contributed by atoms with Gasteiger partial charge in [0.2, 0.25) is 0 Å². The van der Waals surface area contributed by atoms with Gasteiger partial charge in [0.05, 0.1) is 16.7 Å². The van der Waals surface area contributed by atoms with Gasteiger partial charge in [-0.15, -0.1) is 0 Å². The second-order valence-electron chi connectivity index (χ2n) is 4.78. The Labute approximate surface area is 122 Å². The number of methoxy groups -OCH3 is 1. The van der Waals surface area contributed by atoms with Gasteiger partial charge < -0.3 is 13.9 Å². The van der Waals surface area contributed by atoms with Gasteiger partial charge in [0.15, 0.2) is 5.69 Å². The first kappa shape index (κ1) is 13.6. The number of hydrogen-bond donors (Lipinski definition) is 0. The van der Waals surface area contributed by atoms with E-state index in [0.29, 0.717) is 19.0 Å². The zero-order valence-electron chi connectivity index (χ0n) is 12.1. The summed E-state index contributed by atoms with van der Waals surface area (Å²) in [6.45, 7) is 2.97. The molecule has 0 aliphatic heterocycles. The fourth-order valence-electron chi connectivity index (χ4n) is 2.55. The maximum Gasteiger partial charge on any atom is 0.279 e. The number of rotatable bonds is 4. The number of fused-ring (bicyclic) bond motifs is 1. The van der Waals surface area contributed by atoms with Crippen LogP contribution >= 0.6 is 0 Å². The Hall–Kier alpha value is -2.40. The van der Waals surface area contributed by atoms with Crippen molar-refractivity contribution in [1.82, 2.24) is 14.1 Å². The van der Waals surface area contributed by atoms with Crippen LogP contribution in [0.5, 0.6) is 0 Å². The molecule has 21 heavy (non-hydrogen) atoms. The molecule has 5 nitrogen and oxygen atoms in total. The molecule has 3 aromatic rings. The molecule has 0 unspecified atom stereocenters. The summed E-state index contributed by atoms with van der Waals surface area (Å²) >= 11 is 0. The molecule has 1 aromatic carbocycles. The Morgan fingerprint density at radius 1 is 1.19 bits per heavy atom. The summed E-state index contributed by atoms with van der Waals surface area (Å²) in [4.78, 5) is 17.3. The molecule has 0 bridgehead atoms. The first-order valence-corrected chi connectivity index (χ1v) is 6.90. The highest BCUT2D eigenvalue weighted by molar-refractivity contribution is 5.77. The van der Waals surface area contributed by atoms with Crippen molar-refractivity contribution in [3.8, 4) is 11.4 Å². The van der Waals surface area contributed by atoms with E-state index in [4.69, 9.17) is 4.74 Å². The third-order valence-electron chi connectivity index (χ3n) is 3.51. The molecule has 0 atom stereocenters. The lowest BCUT2D eigenvalue weighted by molar-refractivity contribution is 0.132. The number of ether oxygens (including phenoxy) is 1. The van der Waals surface area contributed by atoms with Crippen molar-refractivity contribution in [3.05, 3.63) is 52.9 Å². The fraction of sp³-hybridized carbons (Fsp3) is 0.250. The summed E-state index contributed by atoms with van der Waals surface area (Å²) in [5.41, 5.74) is 2.83. The third-order valence-corrected chi connectivity index (χ3v) is 3.51. The lowest BCUT2D eigenvalue weighted by Gasteiger charge is -2.12. The second-order valence-corrected chi connectivity index (χ2v) is 4.78. The lowest BCUT2D eigenvalue weighted by Crippen LogP contribution is -2.23. The lowest BCUT2D eigenvalue weighted by atomic mass is 10.2. The second kappa shape index (κ2) is 5.54. The highest BCUT2D eigenvalue weighted by atomic mass is 16.5. The monoisotopic (exact) mass is 283 g/mol. The summed E-state index contributed by atoms with van der Waals surface area (Å²) in [7, 11) is 1.63. The predicted octanol–water partition coefficient (Wildman–Crippen LogP) is 2.49. The fourth-order valence-corrected chi connectivity index (χ4v) is 2.55. The van der Waals surface area contributed by atoms with E-state index in [-0.39, 0.29) is 5.56 Å². The summed E-state index contributed by atoms with van der Waals surface area (Å²) in [5.74, 6) is 0. The number of benzene rings is 1. The van der Waals surface area contributed by atoms with Gasteiger partial charge in [-0.05, 0) is 31.2 Å². The maximum atomic E-state index is 12.7. The number of hydrogen-bond acceptors (Lipinski definition) is 3. The van der Waals surface area contributed by atoms with Crippen LogP contribution in [-0.4, -0.2) is 21.2 Å². The topological polar surface area (TPSA) is 49.0 Å². The SMILES string of the molecule is CCn1c(=O)c(-c2cccn2COC)nc2ccccc21. The molecule has 0 radical (unpaired) electrons. The molecule has 0 amide bonds. The minimum atomic E-state index is -0.0766. The van der Waals surface area contributed by atoms with E-state index in [2.05, 4.69) is 4.98 Å². The molecule has 3 rings (SSSR count). The highest BCUT2D eigenvalue weighted by Crippen LogP contribution is 2.18. The molecule has 0 fully saturated rings. The Balaban J connectivity index is 2.30. The van der Waals surface area contributed by atoms with Gasteiger partial charge in [0.25, 0.3) is 5.56 Å². The van der Waals surface area contributed by atoms with Crippen molar-refractivity contribution < 1.29 is 4.74 Å². The molecule has 0 spiro atoms. The highest BCUT2D eigenvalue weighted by Gasteiger charge is 2.14. The number of aromatic nitrogens is 3. The number of nitrogens with zero attached hydrogens (tertiary/aromatic N) is 3. The minimum absolute atomic E-state index is 0.0766. The van der Waals surface area contributed by atoms with Gasteiger partial charge >= 0.3 is 0 Å². The van der Waals surface area contributed by atoms with E-state index in [1.807, 2.05) is 54.1 Å². The number of aryl methyl sites for hydroxylation is 1. The van der Waals surface area contributed by atoms with E-state index >= 15 is 0 Å². The Morgan fingerprint density at radius 2 is 2.00 bits per heavy atom. The maximum absolute atomic E-state index is 12.7. The minimum Gasteiger partial charge on any atom is -0.364 e. The van der Waals surface area contributed by atoms with Crippen molar-refractivity contribution in [1.29, 1.82) is 0 Å². The van der Waals surface area contributed by atoms with Gasteiger partial charge in [-0.2, -0.15) is 0 Å². The van der Waals surface area contributed by atoms with Crippen molar-refractivity contribution in [3.63, 3.8) is 0 Å². The molecular weight excluding hydrogens is 266 g/mol. The molecule has 108 valence electrons. The van der Waals surface area contributed by atoms with Crippen LogP contribution in [0.15, 0.2) is 47.4 Å². The predicted molar refractivity (Wildman–Crippen MR) is 82.1 cm³/mol. The van der Waals surface area contributed by atoms with Crippen LogP contribution in [0.2, 0.25) is 0 Å². The molecule has 0 saturated carbocycles. The number of para-hydroxylation sites is 2. The van der Waals surface area contributed by atoms with Crippen molar-refractivity contribution in [2.75, 3.05) is 7.11 Å². The van der Waals surface area contributed by atoms with Crippen LogP contribution in [0.1, 0.15) is 6.92 Å². The van der Waals surface area contributed by atoms with E-state index in [1.54, 1.807) is 11.7 Å². The molecular formula is C16H17N3O2. The molecule has 0 N–H and O–H groups in total. The van der Waals surface area contributed by atoms with Gasteiger partial charge in [0, 0.05) is 19.9 Å². The smallest absolute Gasteiger partial charge is 0.279 e. The summed E-state index contributed by atoms with van der Waals surface area (Å²) in [5, 5.41) is 0. The first-order chi connectivity index (χ1) is 10.3. The third kappa shape index (κ3) is 2.25. The van der Waals surface area contributed by atoms with Crippen LogP contribution in [0, 0.1) is 0 Å². The van der Waals surface area contributed by atoms with Gasteiger partial charge in [-0.1, -0.05) is 12.1 Å². The van der Waals surface area contributed by atoms with Crippen molar-refractivity contribution in [2.45, 2.75) is 20.2 Å². The van der Waals surface area contributed by atoms with Crippen LogP contribution in [0.4, 0.5) is 0 Å². The quantitative estimate of drug-likeness (QED) is 0.739. The molecule has 2 heterocycles. The van der Waals surface area contributed by atoms with Crippen molar-refractivity contribution >= 4 is 11.0 Å². The normalized spacial score (nSPS) is 11.1. The van der Waals surface area contributed by atoms with E-state index in [9.17, 15) is 4.79 Å². The Bertz CT molecular complexity index is 833. The van der Waals surface area contributed by atoms with E-state index in [0.717, 1.165) is 16.7 Å². The Morgan fingerprint density at radius 3 is 2.76 bits per heavy atom. The summed E-state index contributed by atoms with van der Waals surface area (Å²) in [6, 6.07) is 11.5. The molecule has 5 heteroatoms. The summed E-state index contributed by atoms with van der Waals surface area (Å²) in [6.07, 6.45) is 1.88. The largest absolute Gasteiger partial charge is 0.364 e. The van der Waals surface area contributed by atoms with Gasteiger partial charge in [-0.25, -0.2) is 4.98 Å². The van der Waals surface area contributed by atoms with Gasteiger partial charge in [0.1, 0.15) is 6.73 Å². The first-order valence-electron chi connectivity index (χ1n) is 6.90. The van der Waals surface area contributed by atoms with Crippen LogP contribution in [0.25, 0.3) is 22.4 Å². The zero-order chi connectivity index (χ0) is 14.8. The molecule has 0 aliphatic carbocycles. The van der Waals surface area contributed by atoms with Crippen LogP contribution in [0.3, 0.4) is 0 Å². The van der Waals surface area contributed by atoms with Crippen LogP contribution in [-0.2, 0) is 18.0 Å². The standard InChI is InChI=1S/C16H17N3O2/c1-3-19-13-8-5-4-7-12(13)17-15(16(19)20)14-9-6-10-18(14)11-21-2/h4-10H,3,11H2,1-2H3. The Kier molecular flexibility index (Phi) is 3.58. The average Bonchev–Trinajstić information content (AvgIpc) is 2.95. The average molecular weight is 283 g/mol. The molecule has 0 aliphatic rings. The van der Waals surface area contributed by atoms with Gasteiger partial charge in [-0.3, -0.25) is 4.79 Å². The van der Waals surface area contributed by atoms with E-state index < -0.39 is 0 Å². The van der Waals surface area contributed by atoms with Crippen LogP contribution < -0.4 is 5.56 Å².